The zero-order valence-electron chi connectivity index (χ0n) is 31.0. The first kappa shape index (κ1) is 36.8. The molecule has 9 rings (SSSR count). The second-order valence-corrected chi connectivity index (χ2v) is 16.8. The monoisotopic (exact) mass is 806 g/mol. The van der Waals surface area contributed by atoms with Crippen molar-refractivity contribution in [3.8, 4) is 44.5 Å². The van der Waals surface area contributed by atoms with Crippen LogP contribution in [-0.2, 0) is 34.3 Å². The van der Waals surface area contributed by atoms with Crippen molar-refractivity contribution in [1.82, 2.24) is 19.9 Å². The summed E-state index contributed by atoms with van der Waals surface area (Å²) in [5, 5.41) is 0. The minimum atomic E-state index is -4.45. The maximum atomic E-state index is 12.0. The van der Waals surface area contributed by atoms with Gasteiger partial charge >= 0.3 is 0 Å². The van der Waals surface area contributed by atoms with Crippen molar-refractivity contribution >= 4 is 66.6 Å². The van der Waals surface area contributed by atoms with Crippen molar-refractivity contribution in [2.45, 2.75) is 9.79 Å². The van der Waals surface area contributed by atoms with Gasteiger partial charge in [-0.05, 0) is 95.1 Å². The van der Waals surface area contributed by atoms with Crippen molar-refractivity contribution in [2.24, 2.45) is 14.1 Å². The van der Waals surface area contributed by atoms with Gasteiger partial charge in [0.15, 0.2) is 24.8 Å². The van der Waals surface area contributed by atoms with E-state index in [0.717, 1.165) is 33.3 Å². The van der Waals surface area contributed by atoms with Crippen LogP contribution in [0.5, 0.6) is 0 Å². The average Bonchev–Trinajstić information content (AvgIpc) is 4.04. The maximum Gasteiger partial charge on any atom is 0.294 e. The van der Waals surface area contributed by atoms with Gasteiger partial charge in [0, 0.05) is 68.6 Å². The minimum Gasteiger partial charge on any atom is -0.354 e. The van der Waals surface area contributed by atoms with Crippen LogP contribution in [0.2, 0.25) is 0 Å². The summed E-state index contributed by atoms with van der Waals surface area (Å²) in [5.74, 6) is 0. The van der Waals surface area contributed by atoms with Gasteiger partial charge in [0.2, 0.25) is 0 Å². The fourth-order valence-electron chi connectivity index (χ4n) is 7.34. The molecule has 286 valence electrons. The summed E-state index contributed by atoms with van der Waals surface area (Å²) in [6.45, 7) is 0. The molecule has 0 saturated carbocycles. The molecule has 2 aliphatic heterocycles. The number of hydrogen-bond donors (Lipinski definition) is 4. The number of aromatic nitrogens is 6. The lowest BCUT2D eigenvalue weighted by Crippen LogP contribution is -2.25. The number of hydrogen-bond acceptors (Lipinski definition) is 6. The van der Waals surface area contributed by atoms with E-state index < -0.39 is 20.2 Å². The largest absolute Gasteiger partial charge is 0.354 e. The second-order valence-electron chi connectivity index (χ2n) is 14.0. The first-order chi connectivity index (χ1) is 27.8. The van der Waals surface area contributed by atoms with E-state index in [0.29, 0.717) is 56.1 Å². The molecule has 0 amide bonds. The molecule has 0 fully saturated rings. The number of aromatic amines is 2. The lowest BCUT2D eigenvalue weighted by molar-refractivity contribution is -0.671. The Balaban J connectivity index is 1.44. The molecule has 58 heavy (non-hydrogen) atoms. The molecule has 8 bridgehead atoms. The van der Waals surface area contributed by atoms with E-state index in [4.69, 9.17) is 9.97 Å². The van der Waals surface area contributed by atoms with Gasteiger partial charge in [0.1, 0.15) is 14.1 Å². The molecule has 2 aromatic carbocycles. The molecule has 0 unspecified atom stereocenters. The molecule has 14 heteroatoms. The number of pyridine rings is 2. The third kappa shape index (κ3) is 6.83. The third-order valence-electron chi connectivity index (χ3n) is 10.2. The van der Waals surface area contributed by atoms with E-state index in [-0.39, 0.29) is 9.79 Å². The normalized spacial score (nSPS) is 12.6. The van der Waals surface area contributed by atoms with Crippen LogP contribution in [0.1, 0.15) is 22.8 Å². The maximum absolute atomic E-state index is 12.0. The predicted molar refractivity (Wildman–Crippen MR) is 223 cm³/mol. The van der Waals surface area contributed by atoms with Crippen LogP contribution in [0.25, 0.3) is 90.9 Å². The molecule has 2 aliphatic rings. The fourth-order valence-corrected chi connectivity index (χ4v) is 8.30. The minimum absolute atomic E-state index is 0.244. The predicted octanol–water partition coefficient (Wildman–Crippen LogP) is 7.47. The zero-order chi connectivity index (χ0) is 40.3. The summed E-state index contributed by atoms with van der Waals surface area (Å²) >= 11 is 0. The number of benzene rings is 2. The molecule has 0 saturated heterocycles. The average molecular weight is 807 g/mol. The standard InChI is InChI=1S/C44H32N6O6S2/c1-49-23-19-29(20-24-49)43-37-15-13-35(46-37)41(27-3-7-31(8-4-27)57(51,52)53)33-11-12-34(45-33)42(28-5-9-32(10-6-28)58(54,55)56)36-14-16-38(47-36)44(40-18-17-39(43)48-40)30-21-25-50(2)26-22-30/h3-26H,1-2H3,(H2-,45,46,47,48,51,52,53,54,55,56)/p+2. The molecule has 7 heterocycles. The molecule has 12 nitrogen and oxygen atoms in total. The Morgan fingerprint density at radius 3 is 0.931 bits per heavy atom. The van der Waals surface area contributed by atoms with Crippen LogP contribution < -0.4 is 9.13 Å². The topological polar surface area (TPSA) is 174 Å². The van der Waals surface area contributed by atoms with Gasteiger partial charge in [-0.15, -0.1) is 0 Å². The first-order valence-electron chi connectivity index (χ1n) is 18.0. The van der Waals surface area contributed by atoms with E-state index >= 15 is 0 Å². The van der Waals surface area contributed by atoms with E-state index in [1.54, 1.807) is 24.3 Å². The third-order valence-corrected chi connectivity index (χ3v) is 11.9. The highest BCUT2D eigenvalue weighted by Crippen LogP contribution is 2.38. The highest BCUT2D eigenvalue weighted by atomic mass is 32.2. The number of nitrogens with one attached hydrogen (secondary N) is 2. The Bertz CT molecular complexity index is 3050. The number of fused-ring (bicyclic) bond motifs is 8. The van der Waals surface area contributed by atoms with Crippen molar-refractivity contribution in [3.05, 3.63) is 145 Å². The second kappa shape index (κ2) is 14.0. The molecule has 0 aliphatic carbocycles. The summed E-state index contributed by atoms with van der Waals surface area (Å²) < 4.78 is 71.5. The smallest absolute Gasteiger partial charge is 0.294 e. The van der Waals surface area contributed by atoms with Crippen molar-refractivity contribution < 1.29 is 35.1 Å². The van der Waals surface area contributed by atoms with Crippen LogP contribution in [0.3, 0.4) is 0 Å². The van der Waals surface area contributed by atoms with Crippen LogP contribution in [0.4, 0.5) is 0 Å². The quantitative estimate of drug-likeness (QED) is 0.0990. The van der Waals surface area contributed by atoms with Gasteiger partial charge in [-0.3, -0.25) is 9.11 Å². The summed E-state index contributed by atoms with van der Waals surface area (Å²) in [4.78, 5) is 17.2. The van der Waals surface area contributed by atoms with Gasteiger partial charge in [-0.1, -0.05) is 24.3 Å². The van der Waals surface area contributed by atoms with Gasteiger partial charge < -0.3 is 9.97 Å². The highest BCUT2D eigenvalue weighted by Gasteiger charge is 2.21. The Morgan fingerprint density at radius 1 is 0.414 bits per heavy atom. The Kier molecular flexibility index (Phi) is 8.86. The van der Waals surface area contributed by atoms with E-state index in [1.807, 2.05) is 121 Å². The van der Waals surface area contributed by atoms with Gasteiger partial charge in [0.25, 0.3) is 20.2 Å². The molecule has 0 spiro atoms. The summed E-state index contributed by atoms with van der Waals surface area (Å²) in [5.41, 5.74) is 11.6. The molecule has 5 aromatic heterocycles. The number of nitrogens with zero attached hydrogens (tertiary/aromatic N) is 4. The SMILES string of the molecule is C[n+]1ccc(-c2c3nc(c(-c4ccc(S(=O)(=O)O)cc4)c4ccc([nH]4)c(-c4ccc(S(=O)(=O)O)cc4)c4nc(c(-c5cc[n+](C)cc5)c5ccc2[nH]5)C=C4)C=C3)cc1. The molecular weight excluding hydrogens is 773 g/mol. The Hall–Kier alpha value is -6.84. The number of aryl methyl sites for hydroxylation is 2. The fraction of sp³-hybridized carbons (Fsp3) is 0.0455. The Labute approximate surface area is 333 Å². The van der Waals surface area contributed by atoms with Gasteiger partial charge in [-0.2, -0.15) is 16.8 Å². The molecule has 7 aromatic rings. The molecular formula is C44H34N6O6S2+2. The lowest BCUT2D eigenvalue weighted by Gasteiger charge is -2.07. The van der Waals surface area contributed by atoms with Crippen LogP contribution in [0.15, 0.2) is 132 Å². The zero-order valence-corrected chi connectivity index (χ0v) is 32.6. The van der Waals surface area contributed by atoms with Gasteiger partial charge in [-0.25, -0.2) is 19.1 Å². The van der Waals surface area contributed by atoms with Crippen molar-refractivity contribution in [2.75, 3.05) is 0 Å². The molecule has 0 radical (unpaired) electrons. The highest BCUT2D eigenvalue weighted by molar-refractivity contribution is 7.86. The van der Waals surface area contributed by atoms with Crippen LogP contribution >= 0.6 is 0 Å². The number of rotatable bonds is 6. The number of H-pyrrole nitrogens is 2. The molecule has 0 atom stereocenters. The van der Waals surface area contributed by atoms with E-state index in [9.17, 15) is 25.9 Å². The molecule has 4 N–H and O–H groups in total. The summed E-state index contributed by atoms with van der Waals surface area (Å²) in [6.07, 6.45) is 15.6. The van der Waals surface area contributed by atoms with Crippen LogP contribution in [0, 0.1) is 0 Å². The van der Waals surface area contributed by atoms with Gasteiger partial charge in [0.05, 0.1) is 32.6 Å². The van der Waals surface area contributed by atoms with Crippen molar-refractivity contribution in [1.29, 1.82) is 0 Å². The summed E-state index contributed by atoms with van der Waals surface area (Å²) in [7, 11) is -4.98. The van der Waals surface area contributed by atoms with E-state index in [1.165, 1.54) is 24.3 Å². The van der Waals surface area contributed by atoms with Crippen LogP contribution in [-0.4, -0.2) is 45.9 Å². The van der Waals surface area contributed by atoms with E-state index in [2.05, 4.69) is 9.97 Å². The first-order valence-corrected chi connectivity index (χ1v) is 20.9. The Morgan fingerprint density at radius 2 is 0.672 bits per heavy atom. The lowest BCUT2D eigenvalue weighted by atomic mass is 10.0. The summed E-state index contributed by atoms with van der Waals surface area (Å²) in [6, 6.07) is 27.8. The van der Waals surface area contributed by atoms with Crippen molar-refractivity contribution in [3.63, 3.8) is 0 Å².